The first-order chi connectivity index (χ1) is 17.1. The Morgan fingerprint density at radius 3 is 2.69 bits per heavy atom. The van der Waals surface area contributed by atoms with Crippen LogP contribution in [0.5, 0.6) is 11.5 Å². The standard InChI is InChI=1S/C26H24N4O4S/c1-33-21-12-11-18(13-22(21)34-16-17-7-3-2-4-8-17)15-28-30-25(32)24(31)29-26-20(14-27)19-9-5-6-10-23(19)35-26/h2-4,7-8,11-13,15H,5-6,9-10,16H2,1H3,(H,29,31)(H,30,32)/b28-15-. The molecule has 0 spiro atoms. The average Bonchev–Trinajstić information content (AvgIpc) is 3.24. The first-order valence-corrected chi connectivity index (χ1v) is 11.9. The lowest BCUT2D eigenvalue weighted by Gasteiger charge is -2.11. The number of aryl methyl sites for hydroxylation is 1. The molecule has 0 fully saturated rings. The van der Waals surface area contributed by atoms with Crippen molar-refractivity contribution in [3.05, 3.63) is 75.7 Å². The van der Waals surface area contributed by atoms with Gasteiger partial charge in [0.05, 0.1) is 18.9 Å². The van der Waals surface area contributed by atoms with Gasteiger partial charge in [0.2, 0.25) is 0 Å². The smallest absolute Gasteiger partial charge is 0.329 e. The quantitative estimate of drug-likeness (QED) is 0.294. The largest absolute Gasteiger partial charge is 0.493 e. The number of carbonyl (C=O) groups is 2. The van der Waals surface area contributed by atoms with Crippen molar-refractivity contribution in [2.45, 2.75) is 32.3 Å². The van der Waals surface area contributed by atoms with E-state index in [1.165, 1.54) is 17.6 Å². The summed E-state index contributed by atoms with van der Waals surface area (Å²) in [5.41, 5.74) is 5.32. The minimum absolute atomic E-state index is 0.367. The maximum absolute atomic E-state index is 12.4. The maximum atomic E-state index is 12.4. The molecule has 2 N–H and O–H groups in total. The molecule has 1 aromatic heterocycles. The van der Waals surface area contributed by atoms with Crippen molar-refractivity contribution in [2.24, 2.45) is 5.10 Å². The molecule has 0 atom stereocenters. The fourth-order valence-corrected chi connectivity index (χ4v) is 5.00. The first kappa shape index (κ1) is 24.0. The van der Waals surface area contributed by atoms with Gasteiger partial charge in [-0.3, -0.25) is 9.59 Å². The molecule has 2 amide bonds. The van der Waals surface area contributed by atoms with Crippen LogP contribution in [-0.2, 0) is 29.0 Å². The number of anilines is 1. The highest BCUT2D eigenvalue weighted by molar-refractivity contribution is 7.16. The van der Waals surface area contributed by atoms with Crippen molar-refractivity contribution in [1.82, 2.24) is 5.43 Å². The Kier molecular flexibility index (Phi) is 7.75. The zero-order valence-electron chi connectivity index (χ0n) is 19.2. The molecule has 178 valence electrons. The molecule has 3 aromatic rings. The van der Waals surface area contributed by atoms with E-state index in [0.29, 0.717) is 34.2 Å². The van der Waals surface area contributed by atoms with Crippen LogP contribution in [0.1, 0.15) is 40.0 Å². The summed E-state index contributed by atoms with van der Waals surface area (Å²) in [5.74, 6) is -0.715. The van der Waals surface area contributed by atoms with Gasteiger partial charge in [-0.2, -0.15) is 10.4 Å². The number of carbonyl (C=O) groups excluding carboxylic acids is 2. The van der Waals surface area contributed by atoms with Crippen LogP contribution in [-0.4, -0.2) is 25.1 Å². The highest BCUT2D eigenvalue weighted by Gasteiger charge is 2.23. The van der Waals surface area contributed by atoms with E-state index in [1.54, 1.807) is 25.3 Å². The number of ether oxygens (including phenoxy) is 2. The van der Waals surface area contributed by atoms with Crippen LogP contribution < -0.4 is 20.2 Å². The number of nitriles is 1. The number of methoxy groups -OCH3 is 1. The van der Waals surface area contributed by atoms with Gasteiger partial charge < -0.3 is 14.8 Å². The van der Waals surface area contributed by atoms with E-state index in [2.05, 4.69) is 21.9 Å². The van der Waals surface area contributed by atoms with Crippen LogP contribution in [0.25, 0.3) is 0 Å². The van der Waals surface area contributed by atoms with E-state index >= 15 is 0 Å². The molecule has 1 heterocycles. The predicted molar refractivity (Wildman–Crippen MR) is 134 cm³/mol. The van der Waals surface area contributed by atoms with Crippen molar-refractivity contribution in [1.29, 1.82) is 5.26 Å². The van der Waals surface area contributed by atoms with E-state index < -0.39 is 11.8 Å². The van der Waals surface area contributed by atoms with Crippen molar-refractivity contribution < 1.29 is 19.1 Å². The molecule has 35 heavy (non-hydrogen) atoms. The van der Waals surface area contributed by atoms with E-state index in [1.807, 2.05) is 30.3 Å². The second kappa shape index (κ2) is 11.3. The average molecular weight is 489 g/mol. The van der Waals surface area contributed by atoms with Gasteiger partial charge in [0.25, 0.3) is 0 Å². The molecule has 0 aliphatic heterocycles. The summed E-state index contributed by atoms with van der Waals surface area (Å²) in [6.45, 7) is 0.367. The fourth-order valence-electron chi connectivity index (χ4n) is 3.77. The number of hydrogen-bond acceptors (Lipinski definition) is 7. The Hall–Kier alpha value is -4.16. The lowest BCUT2D eigenvalue weighted by molar-refractivity contribution is -0.136. The van der Waals surface area contributed by atoms with E-state index in [0.717, 1.165) is 41.7 Å². The Bertz CT molecular complexity index is 1290. The van der Waals surface area contributed by atoms with Crippen molar-refractivity contribution in [3.63, 3.8) is 0 Å². The van der Waals surface area contributed by atoms with Gasteiger partial charge in [-0.25, -0.2) is 5.43 Å². The highest BCUT2D eigenvalue weighted by atomic mass is 32.1. The van der Waals surface area contributed by atoms with Crippen LogP contribution >= 0.6 is 11.3 Å². The van der Waals surface area contributed by atoms with Crippen molar-refractivity contribution >= 4 is 34.4 Å². The molecule has 0 unspecified atom stereocenters. The third kappa shape index (κ3) is 5.86. The lowest BCUT2D eigenvalue weighted by atomic mass is 9.96. The SMILES string of the molecule is COc1ccc(/C=N\NC(=O)C(=O)Nc2sc3c(c2C#N)CCCC3)cc1OCc1ccccc1. The van der Waals surface area contributed by atoms with Gasteiger partial charge >= 0.3 is 11.8 Å². The molecule has 0 saturated heterocycles. The maximum Gasteiger partial charge on any atom is 0.329 e. The Morgan fingerprint density at radius 1 is 1.11 bits per heavy atom. The lowest BCUT2D eigenvalue weighted by Crippen LogP contribution is -2.32. The van der Waals surface area contributed by atoms with Gasteiger partial charge in [0.1, 0.15) is 17.7 Å². The summed E-state index contributed by atoms with van der Waals surface area (Å²) in [4.78, 5) is 25.7. The van der Waals surface area contributed by atoms with Crippen LogP contribution in [0.15, 0.2) is 53.6 Å². The number of hydrazone groups is 1. The molecule has 0 radical (unpaired) electrons. The number of thiophene rings is 1. The number of rotatable bonds is 7. The van der Waals surface area contributed by atoms with Crippen LogP contribution in [0.3, 0.4) is 0 Å². The molecular formula is C26H24N4O4S. The molecule has 1 aliphatic rings. The Balaban J connectivity index is 1.37. The molecule has 0 saturated carbocycles. The molecule has 8 nitrogen and oxygen atoms in total. The van der Waals surface area contributed by atoms with Crippen LogP contribution in [0.4, 0.5) is 5.00 Å². The Morgan fingerprint density at radius 2 is 1.91 bits per heavy atom. The summed E-state index contributed by atoms with van der Waals surface area (Å²) in [6, 6.07) is 17.1. The van der Waals surface area contributed by atoms with E-state index in [4.69, 9.17) is 9.47 Å². The normalized spacial score (nSPS) is 12.5. The number of fused-ring (bicyclic) bond motifs is 1. The summed E-state index contributed by atoms with van der Waals surface area (Å²) >= 11 is 1.36. The van der Waals surface area contributed by atoms with Gasteiger partial charge in [0.15, 0.2) is 11.5 Å². The third-order valence-corrected chi connectivity index (χ3v) is 6.73. The fraction of sp³-hybridized carbons (Fsp3) is 0.231. The number of amides is 2. The van der Waals surface area contributed by atoms with Crippen LogP contribution in [0, 0.1) is 11.3 Å². The highest BCUT2D eigenvalue weighted by Crippen LogP contribution is 2.37. The second-order valence-electron chi connectivity index (χ2n) is 7.86. The molecule has 0 bridgehead atoms. The predicted octanol–water partition coefficient (Wildman–Crippen LogP) is 4.17. The number of nitrogens with zero attached hydrogens (tertiary/aromatic N) is 2. The molecule has 9 heteroatoms. The van der Waals surface area contributed by atoms with Gasteiger partial charge in [-0.05, 0) is 60.6 Å². The van der Waals surface area contributed by atoms with Gasteiger partial charge in [0, 0.05) is 4.88 Å². The summed E-state index contributed by atoms with van der Waals surface area (Å²) < 4.78 is 11.2. The number of nitrogens with one attached hydrogen (secondary N) is 2. The van der Waals surface area contributed by atoms with Crippen molar-refractivity contribution in [2.75, 3.05) is 12.4 Å². The molecule has 2 aromatic carbocycles. The van der Waals surface area contributed by atoms with E-state index in [9.17, 15) is 14.9 Å². The van der Waals surface area contributed by atoms with Gasteiger partial charge in [-0.15, -0.1) is 11.3 Å². The first-order valence-electron chi connectivity index (χ1n) is 11.1. The third-order valence-electron chi connectivity index (χ3n) is 5.52. The molecule has 1 aliphatic carbocycles. The Labute approximate surface area is 207 Å². The van der Waals surface area contributed by atoms with E-state index in [-0.39, 0.29) is 0 Å². The summed E-state index contributed by atoms with van der Waals surface area (Å²) in [5, 5.41) is 16.4. The van der Waals surface area contributed by atoms with Gasteiger partial charge in [-0.1, -0.05) is 30.3 Å². The molecular weight excluding hydrogens is 464 g/mol. The minimum atomic E-state index is -0.925. The minimum Gasteiger partial charge on any atom is -0.493 e. The summed E-state index contributed by atoms with van der Waals surface area (Å²) in [7, 11) is 1.55. The topological polar surface area (TPSA) is 113 Å². The number of benzene rings is 2. The zero-order valence-corrected chi connectivity index (χ0v) is 20.0. The second-order valence-corrected chi connectivity index (χ2v) is 8.97. The monoisotopic (exact) mass is 488 g/mol. The van der Waals surface area contributed by atoms with Crippen molar-refractivity contribution in [3.8, 4) is 17.6 Å². The molecule has 4 rings (SSSR count). The zero-order chi connectivity index (χ0) is 24.6. The van der Waals surface area contributed by atoms with Crippen LogP contribution in [0.2, 0.25) is 0 Å². The summed E-state index contributed by atoms with van der Waals surface area (Å²) in [6.07, 6.45) is 5.20. The number of hydrogen-bond donors (Lipinski definition) is 2.